The predicted molar refractivity (Wildman–Crippen MR) is 83.4 cm³/mol. The molecule has 21 heavy (non-hydrogen) atoms. The molecule has 5 unspecified atom stereocenters. The number of para-hydroxylation sites is 1. The lowest BCUT2D eigenvalue weighted by atomic mass is 9.90. The molecule has 1 aromatic carbocycles. The van der Waals surface area contributed by atoms with Gasteiger partial charge in [0.1, 0.15) is 5.75 Å². The zero-order valence-corrected chi connectivity index (χ0v) is 12.8. The van der Waals surface area contributed by atoms with Gasteiger partial charge in [-0.15, -0.1) is 0 Å². The van der Waals surface area contributed by atoms with Gasteiger partial charge < -0.3 is 10.1 Å². The van der Waals surface area contributed by atoms with E-state index in [-0.39, 0.29) is 0 Å². The number of fused-ring (bicyclic) bond motifs is 6. The molecule has 5 rings (SSSR count). The molecular weight excluding hydrogens is 258 g/mol. The van der Waals surface area contributed by atoms with Crippen LogP contribution in [0.15, 0.2) is 18.2 Å². The van der Waals surface area contributed by atoms with E-state index in [1.807, 2.05) is 0 Å². The molecule has 3 saturated carbocycles. The van der Waals surface area contributed by atoms with Crippen molar-refractivity contribution in [1.82, 2.24) is 5.32 Å². The summed E-state index contributed by atoms with van der Waals surface area (Å²) in [7, 11) is 2.14. The maximum atomic E-state index is 6.07. The summed E-state index contributed by atoms with van der Waals surface area (Å²) in [6.45, 7) is 0.892. The minimum atomic E-state index is 0.511. The smallest absolute Gasteiger partial charge is 0.127 e. The van der Waals surface area contributed by atoms with E-state index in [9.17, 15) is 0 Å². The molecular formula is C19H25NO. The third kappa shape index (κ3) is 1.69. The van der Waals surface area contributed by atoms with Crippen LogP contribution >= 0.6 is 0 Å². The van der Waals surface area contributed by atoms with Crippen LogP contribution in [-0.2, 0) is 6.42 Å². The molecule has 3 aliphatic carbocycles. The molecule has 4 aliphatic rings. The van der Waals surface area contributed by atoms with E-state index in [1.165, 1.54) is 49.0 Å². The highest BCUT2D eigenvalue weighted by Gasteiger charge is 2.66. The van der Waals surface area contributed by atoms with Crippen LogP contribution in [0.25, 0.3) is 0 Å². The van der Waals surface area contributed by atoms with Crippen molar-refractivity contribution in [2.24, 2.45) is 29.6 Å². The summed E-state index contributed by atoms with van der Waals surface area (Å²) in [5, 5.41) is 3.65. The number of ether oxygens (including phenoxy) is 1. The third-order valence-electron chi connectivity index (χ3n) is 6.79. The Morgan fingerprint density at radius 1 is 1.19 bits per heavy atom. The van der Waals surface area contributed by atoms with Crippen molar-refractivity contribution < 1.29 is 4.74 Å². The first-order chi connectivity index (χ1) is 10.4. The van der Waals surface area contributed by atoms with Crippen LogP contribution in [0.1, 0.15) is 42.9 Å². The molecule has 0 spiro atoms. The molecule has 112 valence electrons. The van der Waals surface area contributed by atoms with Crippen LogP contribution in [-0.4, -0.2) is 13.7 Å². The summed E-state index contributed by atoms with van der Waals surface area (Å²) in [6, 6.07) is 7.31. The fourth-order valence-corrected chi connectivity index (χ4v) is 6.05. The van der Waals surface area contributed by atoms with Crippen molar-refractivity contribution in [2.45, 2.75) is 38.1 Å². The fraction of sp³-hybridized carbons (Fsp3) is 0.684. The van der Waals surface area contributed by atoms with Gasteiger partial charge in [0.15, 0.2) is 0 Å². The molecule has 1 N–H and O–H groups in total. The van der Waals surface area contributed by atoms with Gasteiger partial charge in [0, 0.05) is 11.6 Å². The van der Waals surface area contributed by atoms with E-state index in [2.05, 4.69) is 30.6 Å². The van der Waals surface area contributed by atoms with Gasteiger partial charge >= 0.3 is 0 Å². The summed E-state index contributed by atoms with van der Waals surface area (Å²) in [4.78, 5) is 0. The largest absolute Gasteiger partial charge is 0.493 e. The molecule has 5 atom stereocenters. The van der Waals surface area contributed by atoms with Gasteiger partial charge in [0.25, 0.3) is 0 Å². The van der Waals surface area contributed by atoms with Crippen molar-refractivity contribution >= 4 is 0 Å². The van der Waals surface area contributed by atoms with Gasteiger partial charge in [-0.1, -0.05) is 18.2 Å². The number of rotatable bonds is 3. The lowest BCUT2D eigenvalue weighted by Crippen LogP contribution is -2.24. The quantitative estimate of drug-likeness (QED) is 0.915. The molecule has 0 aromatic heterocycles. The second kappa shape index (κ2) is 4.49. The zero-order chi connectivity index (χ0) is 14.0. The first kappa shape index (κ1) is 12.5. The van der Waals surface area contributed by atoms with Gasteiger partial charge in [-0.3, -0.25) is 0 Å². The molecule has 1 heterocycles. The standard InChI is InChI=1S/C19H25NO/c1-20-18(17-15-12-7-8-13(10-12)16(15)17)14-6-2-4-11-5-3-9-21-19(11)14/h2,4,6,12-13,15-18,20H,3,5,7-10H2,1H3. The first-order valence-electron chi connectivity index (χ1n) is 8.80. The second-order valence-corrected chi connectivity index (χ2v) is 7.62. The SMILES string of the molecule is CNC(c1cccc2c1OCCC2)C1C2C3CCC(C3)C21. The summed E-state index contributed by atoms with van der Waals surface area (Å²) < 4.78 is 6.07. The Balaban J connectivity index is 1.49. The number of hydrogen-bond acceptors (Lipinski definition) is 2. The Bertz CT molecular complexity index is 553. The van der Waals surface area contributed by atoms with Gasteiger partial charge in [0.05, 0.1) is 6.61 Å². The Labute approximate surface area is 127 Å². The second-order valence-electron chi connectivity index (χ2n) is 7.62. The Kier molecular flexibility index (Phi) is 2.67. The van der Waals surface area contributed by atoms with E-state index in [1.54, 1.807) is 0 Å². The van der Waals surface area contributed by atoms with Gasteiger partial charge in [-0.25, -0.2) is 0 Å². The van der Waals surface area contributed by atoms with Crippen LogP contribution in [0.5, 0.6) is 5.75 Å². The Hall–Kier alpha value is -1.02. The van der Waals surface area contributed by atoms with Crippen LogP contribution < -0.4 is 10.1 Å². The highest BCUT2D eigenvalue weighted by atomic mass is 16.5. The zero-order valence-electron chi connectivity index (χ0n) is 12.8. The van der Waals surface area contributed by atoms with E-state index < -0.39 is 0 Å². The molecule has 1 aliphatic heterocycles. The molecule has 2 heteroatoms. The van der Waals surface area contributed by atoms with Gasteiger partial charge in [-0.2, -0.15) is 0 Å². The number of nitrogens with one attached hydrogen (secondary N) is 1. The van der Waals surface area contributed by atoms with Gasteiger partial charge in [0.2, 0.25) is 0 Å². The van der Waals surface area contributed by atoms with Crippen LogP contribution in [0.4, 0.5) is 0 Å². The van der Waals surface area contributed by atoms with Crippen LogP contribution in [0.2, 0.25) is 0 Å². The van der Waals surface area contributed by atoms with Crippen molar-refractivity contribution in [3.05, 3.63) is 29.3 Å². The molecule has 0 amide bonds. The van der Waals surface area contributed by atoms with E-state index in [4.69, 9.17) is 4.74 Å². The van der Waals surface area contributed by atoms with Crippen molar-refractivity contribution in [3.8, 4) is 5.75 Å². The normalized spacial score (nSPS) is 40.3. The maximum Gasteiger partial charge on any atom is 0.127 e. The highest BCUT2D eigenvalue weighted by Crippen LogP contribution is 2.72. The first-order valence-corrected chi connectivity index (χ1v) is 8.80. The van der Waals surface area contributed by atoms with Crippen molar-refractivity contribution in [3.63, 3.8) is 0 Å². The Morgan fingerprint density at radius 3 is 2.76 bits per heavy atom. The summed E-state index contributed by atoms with van der Waals surface area (Å²) >= 11 is 0. The van der Waals surface area contributed by atoms with Crippen LogP contribution in [0.3, 0.4) is 0 Å². The molecule has 0 radical (unpaired) electrons. The summed E-state index contributed by atoms with van der Waals surface area (Å²) in [5.74, 6) is 6.20. The van der Waals surface area contributed by atoms with Crippen LogP contribution in [0, 0.1) is 29.6 Å². The molecule has 2 nitrogen and oxygen atoms in total. The predicted octanol–water partition coefficient (Wildman–Crippen LogP) is 3.56. The monoisotopic (exact) mass is 283 g/mol. The highest BCUT2D eigenvalue weighted by molar-refractivity contribution is 5.45. The maximum absolute atomic E-state index is 6.07. The lowest BCUT2D eigenvalue weighted by Gasteiger charge is -2.26. The van der Waals surface area contributed by atoms with Crippen molar-refractivity contribution in [2.75, 3.05) is 13.7 Å². The minimum absolute atomic E-state index is 0.511. The number of aryl methyl sites for hydroxylation is 1. The van der Waals surface area contributed by atoms with Gasteiger partial charge in [-0.05, 0) is 74.3 Å². The Morgan fingerprint density at radius 2 is 2.00 bits per heavy atom. The summed E-state index contributed by atoms with van der Waals surface area (Å²) in [5.41, 5.74) is 2.86. The average molecular weight is 283 g/mol. The third-order valence-corrected chi connectivity index (χ3v) is 6.79. The lowest BCUT2D eigenvalue weighted by molar-refractivity contribution is 0.277. The van der Waals surface area contributed by atoms with E-state index in [0.29, 0.717) is 6.04 Å². The number of benzene rings is 1. The fourth-order valence-electron chi connectivity index (χ4n) is 6.05. The topological polar surface area (TPSA) is 21.3 Å². The molecule has 1 aromatic rings. The van der Waals surface area contributed by atoms with Crippen molar-refractivity contribution in [1.29, 1.82) is 0 Å². The minimum Gasteiger partial charge on any atom is -0.493 e. The molecule has 2 bridgehead atoms. The van der Waals surface area contributed by atoms with E-state index in [0.717, 1.165) is 36.2 Å². The van der Waals surface area contributed by atoms with E-state index >= 15 is 0 Å². The molecule has 3 fully saturated rings. The average Bonchev–Trinajstić information content (AvgIpc) is 2.94. The number of hydrogen-bond donors (Lipinski definition) is 1. The molecule has 0 saturated heterocycles. The summed E-state index contributed by atoms with van der Waals surface area (Å²) in [6.07, 6.45) is 6.89.